The zero-order valence-electron chi connectivity index (χ0n) is 12.6. The highest BCUT2D eigenvalue weighted by Gasteiger charge is 2.45. The Morgan fingerprint density at radius 2 is 1.45 bits per heavy atom. The molecule has 112 valence electrons. The molecular weight excluding hydrogens is 248 g/mol. The van der Waals surface area contributed by atoms with Gasteiger partial charge >= 0.3 is 0 Å². The van der Waals surface area contributed by atoms with Crippen LogP contribution in [0, 0.1) is 17.8 Å². The zero-order valence-corrected chi connectivity index (χ0v) is 12.6. The van der Waals surface area contributed by atoms with E-state index in [1.807, 2.05) is 0 Å². The van der Waals surface area contributed by atoms with Gasteiger partial charge in [0.25, 0.3) is 0 Å². The summed E-state index contributed by atoms with van der Waals surface area (Å²) in [6.07, 6.45) is 10.7. The molecule has 4 aliphatic rings. The smallest absolute Gasteiger partial charge is 0.240 e. The molecule has 20 heavy (non-hydrogen) atoms. The van der Waals surface area contributed by atoms with Crippen LogP contribution < -0.4 is 0 Å². The van der Waals surface area contributed by atoms with E-state index in [-0.39, 0.29) is 6.04 Å². The molecule has 0 aromatic carbocycles. The molecule has 0 aromatic rings. The molecule has 3 atom stereocenters. The largest absolute Gasteiger partial charge is 0.341 e. The Balaban J connectivity index is 1.45. The second kappa shape index (κ2) is 5.32. The van der Waals surface area contributed by atoms with Crippen molar-refractivity contribution in [2.45, 2.75) is 57.4 Å². The third kappa shape index (κ3) is 2.38. The average molecular weight is 276 g/mol. The lowest BCUT2D eigenvalue weighted by Crippen LogP contribution is -2.48. The predicted octanol–water partition coefficient (Wildman–Crippen LogP) is 2.51. The summed E-state index contributed by atoms with van der Waals surface area (Å²) in [5.74, 6) is 2.82. The van der Waals surface area contributed by atoms with Gasteiger partial charge in [-0.2, -0.15) is 0 Å². The molecule has 0 aromatic heterocycles. The van der Waals surface area contributed by atoms with Gasteiger partial charge in [0.15, 0.2) is 0 Å². The molecule has 0 unspecified atom stereocenters. The summed E-state index contributed by atoms with van der Waals surface area (Å²) < 4.78 is 0. The van der Waals surface area contributed by atoms with E-state index in [4.69, 9.17) is 0 Å². The van der Waals surface area contributed by atoms with Crippen molar-refractivity contribution in [1.82, 2.24) is 9.80 Å². The van der Waals surface area contributed by atoms with Crippen LogP contribution in [-0.4, -0.2) is 47.9 Å². The fourth-order valence-corrected chi connectivity index (χ4v) is 4.86. The quantitative estimate of drug-likeness (QED) is 0.791. The lowest BCUT2D eigenvalue weighted by molar-refractivity contribution is -0.136. The monoisotopic (exact) mass is 276 g/mol. The highest BCUT2D eigenvalue weighted by Crippen LogP contribution is 2.40. The summed E-state index contributed by atoms with van der Waals surface area (Å²) in [4.78, 5) is 17.8. The Kier molecular flexibility index (Phi) is 3.49. The van der Waals surface area contributed by atoms with Crippen LogP contribution in [0.15, 0.2) is 0 Å². The van der Waals surface area contributed by atoms with Gasteiger partial charge in [-0.3, -0.25) is 9.69 Å². The van der Waals surface area contributed by atoms with E-state index in [0.29, 0.717) is 11.8 Å². The molecule has 1 amide bonds. The van der Waals surface area contributed by atoms with Crippen molar-refractivity contribution in [3.8, 4) is 0 Å². The minimum atomic E-state index is 0.248. The Morgan fingerprint density at radius 1 is 0.850 bits per heavy atom. The summed E-state index contributed by atoms with van der Waals surface area (Å²) in [6, 6.07) is 0.248. The zero-order chi connectivity index (χ0) is 13.5. The van der Waals surface area contributed by atoms with E-state index < -0.39 is 0 Å². The van der Waals surface area contributed by atoms with Crippen LogP contribution in [0.5, 0.6) is 0 Å². The summed E-state index contributed by atoms with van der Waals surface area (Å²) in [6.45, 7) is 4.46. The van der Waals surface area contributed by atoms with Crippen LogP contribution in [0.25, 0.3) is 0 Å². The van der Waals surface area contributed by atoms with Gasteiger partial charge < -0.3 is 4.90 Å². The topological polar surface area (TPSA) is 23.6 Å². The van der Waals surface area contributed by atoms with E-state index in [1.54, 1.807) is 0 Å². The molecule has 2 aliphatic carbocycles. The summed E-state index contributed by atoms with van der Waals surface area (Å²) in [7, 11) is 0. The highest BCUT2D eigenvalue weighted by atomic mass is 16.2. The van der Waals surface area contributed by atoms with Crippen molar-refractivity contribution < 1.29 is 4.79 Å². The molecule has 0 radical (unpaired) electrons. The summed E-state index contributed by atoms with van der Waals surface area (Å²) in [5, 5.41) is 0. The molecule has 0 spiro atoms. The molecule has 3 nitrogen and oxygen atoms in total. The molecular formula is C17H28N2O. The van der Waals surface area contributed by atoms with Gasteiger partial charge in [0.1, 0.15) is 0 Å². The molecule has 0 bridgehead atoms. The third-order valence-corrected chi connectivity index (χ3v) is 6.14. The number of carbonyl (C=O) groups is 1. The minimum Gasteiger partial charge on any atom is -0.341 e. The van der Waals surface area contributed by atoms with Crippen LogP contribution in [0.1, 0.15) is 51.4 Å². The van der Waals surface area contributed by atoms with Crippen LogP contribution in [-0.2, 0) is 4.79 Å². The number of rotatable bonds is 3. The van der Waals surface area contributed by atoms with Crippen LogP contribution >= 0.6 is 0 Å². The van der Waals surface area contributed by atoms with Crippen LogP contribution in [0.2, 0.25) is 0 Å². The van der Waals surface area contributed by atoms with Crippen LogP contribution in [0.4, 0.5) is 0 Å². The Bertz CT molecular complexity index is 359. The number of hydrogen-bond acceptors (Lipinski definition) is 2. The average Bonchev–Trinajstić information content (AvgIpc) is 3.00. The molecule has 4 fully saturated rings. The first kappa shape index (κ1) is 13.1. The van der Waals surface area contributed by atoms with Gasteiger partial charge in [-0.25, -0.2) is 0 Å². The fourth-order valence-electron chi connectivity index (χ4n) is 4.86. The van der Waals surface area contributed by atoms with Gasteiger partial charge in [0.05, 0.1) is 6.04 Å². The number of hydrogen-bond donors (Lipinski definition) is 0. The van der Waals surface area contributed by atoms with Crippen molar-refractivity contribution in [2.75, 3.05) is 26.2 Å². The Hall–Kier alpha value is -0.570. The SMILES string of the molecule is O=C([C@H](C1CC1)N1CCCC1)N1C[C@H]2CCCC[C@@H]2C1. The maximum atomic E-state index is 13.0. The molecule has 2 saturated carbocycles. The van der Waals surface area contributed by atoms with Gasteiger partial charge in [-0.1, -0.05) is 12.8 Å². The maximum absolute atomic E-state index is 13.0. The highest BCUT2D eigenvalue weighted by molar-refractivity contribution is 5.83. The molecule has 0 N–H and O–H groups in total. The number of fused-ring (bicyclic) bond motifs is 1. The standard InChI is InChI=1S/C17H28N2O/c20-17(16(13-7-8-13)18-9-3-4-10-18)19-11-14-5-1-2-6-15(14)12-19/h13-16H,1-12H2/t14-,15-,16+/m1/s1. The van der Waals surface area contributed by atoms with E-state index in [0.717, 1.165) is 38.0 Å². The minimum absolute atomic E-state index is 0.248. The van der Waals surface area contributed by atoms with Gasteiger partial charge in [-0.05, 0) is 69.4 Å². The molecule has 4 rings (SSSR count). The van der Waals surface area contributed by atoms with Gasteiger partial charge in [0, 0.05) is 13.1 Å². The second-order valence-corrected chi connectivity index (χ2v) is 7.57. The number of nitrogens with zero attached hydrogens (tertiary/aromatic N) is 2. The lowest BCUT2D eigenvalue weighted by atomic mass is 9.82. The van der Waals surface area contributed by atoms with Crippen molar-refractivity contribution in [1.29, 1.82) is 0 Å². The van der Waals surface area contributed by atoms with Gasteiger partial charge in [0.2, 0.25) is 5.91 Å². The van der Waals surface area contributed by atoms with E-state index >= 15 is 0 Å². The fraction of sp³-hybridized carbons (Fsp3) is 0.941. The normalized spacial score (nSPS) is 36.1. The number of likely N-dealkylation sites (tertiary alicyclic amines) is 2. The predicted molar refractivity (Wildman–Crippen MR) is 79.3 cm³/mol. The van der Waals surface area contributed by atoms with Gasteiger partial charge in [-0.15, -0.1) is 0 Å². The van der Waals surface area contributed by atoms with Crippen molar-refractivity contribution in [3.63, 3.8) is 0 Å². The lowest BCUT2D eigenvalue weighted by Gasteiger charge is -2.30. The Morgan fingerprint density at radius 3 is 2.00 bits per heavy atom. The third-order valence-electron chi connectivity index (χ3n) is 6.14. The number of carbonyl (C=O) groups excluding carboxylic acids is 1. The van der Waals surface area contributed by atoms with Crippen LogP contribution in [0.3, 0.4) is 0 Å². The van der Waals surface area contributed by atoms with Crippen molar-refractivity contribution in [3.05, 3.63) is 0 Å². The molecule has 3 heteroatoms. The van der Waals surface area contributed by atoms with Crippen molar-refractivity contribution >= 4 is 5.91 Å². The first-order valence-electron chi connectivity index (χ1n) is 8.86. The summed E-state index contributed by atoms with van der Waals surface area (Å²) in [5.41, 5.74) is 0. The second-order valence-electron chi connectivity index (χ2n) is 7.57. The molecule has 2 heterocycles. The van der Waals surface area contributed by atoms with Crippen molar-refractivity contribution in [2.24, 2.45) is 17.8 Å². The number of amides is 1. The molecule has 2 aliphatic heterocycles. The molecule has 2 saturated heterocycles. The van der Waals surface area contributed by atoms with E-state index in [9.17, 15) is 4.79 Å². The first-order valence-corrected chi connectivity index (χ1v) is 8.86. The van der Waals surface area contributed by atoms with E-state index in [2.05, 4.69) is 9.80 Å². The van der Waals surface area contributed by atoms with E-state index in [1.165, 1.54) is 51.4 Å². The summed E-state index contributed by atoms with van der Waals surface area (Å²) >= 11 is 0. The maximum Gasteiger partial charge on any atom is 0.240 e. The Labute approximate surface area is 122 Å². The first-order chi connectivity index (χ1) is 9.83.